The average molecular weight is 337 g/mol. The molecular formula is C18H22F3N3. The summed E-state index contributed by atoms with van der Waals surface area (Å²) >= 11 is 0. The van der Waals surface area contributed by atoms with Gasteiger partial charge in [-0.25, -0.2) is 9.97 Å². The van der Waals surface area contributed by atoms with Crippen molar-refractivity contribution >= 4 is 16.7 Å². The fraction of sp³-hybridized carbons (Fsp3) is 0.556. The molecule has 6 heteroatoms. The zero-order valence-electron chi connectivity index (χ0n) is 14.4. The number of fused-ring (bicyclic) bond motifs is 1. The minimum absolute atomic E-state index is 0.392. The maximum Gasteiger partial charge on any atom is 0.451 e. The van der Waals surface area contributed by atoms with E-state index in [1.807, 2.05) is 24.0 Å². The van der Waals surface area contributed by atoms with E-state index in [1.165, 1.54) is 0 Å². The van der Waals surface area contributed by atoms with E-state index in [2.05, 4.69) is 23.8 Å². The smallest absolute Gasteiger partial charge is 0.355 e. The Morgan fingerprint density at radius 2 is 1.67 bits per heavy atom. The first-order chi connectivity index (χ1) is 11.1. The molecule has 0 N–H and O–H groups in total. The SMILES string of the molecule is Cc1cc(C)c2nc(C(F)(F)F)nc(N3C[C@H](C)C[C@@H](C)C3)c2c1. The van der Waals surface area contributed by atoms with Gasteiger partial charge in [0.1, 0.15) is 5.82 Å². The summed E-state index contributed by atoms with van der Waals surface area (Å²) in [5, 5.41) is 0.710. The Labute approximate surface area is 139 Å². The van der Waals surface area contributed by atoms with Gasteiger partial charge in [-0.2, -0.15) is 13.2 Å². The van der Waals surface area contributed by atoms with Crippen LogP contribution in [0.2, 0.25) is 0 Å². The van der Waals surface area contributed by atoms with Gasteiger partial charge in [0.2, 0.25) is 5.82 Å². The molecule has 1 aromatic carbocycles. The third-order valence-corrected chi connectivity index (χ3v) is 4.54. The lowest BCUT2D eigenvalue weighted by molar-refractivity contribution is -0.144. The molecule has 2 heterocycles. The van der Waals surface area contributed by atoms with Crippen LogP contribution in [-0.2, 0) is 6.18 Å². The first kappa shape index (κ1) is 17.0. The van der Waals surface area contributed by atoms with E-state index >= 15 is 0 Å². The topological polar surface area (TPSA) is 29.0 Å². The summed E-state index contributed by atoms with van der Waals surface area (Å²) in [4.78, 5) is 9.75. The van der Waals surface area contributed by atoms with E-state index in [9.17, 15) is 13.2 Å². The van der Waals surface area contributed by atoms with Gasteiger partial charge in [-0.3, -0.25) is 0 Å². The molecule has 2 atom stereocenters. The molecular weight excluding hydrogens is 315 g/mol. The maximum absolute atomic E-state index is 13.3. The number of piperidine rings is 1. The molecule has 1 fully saturated rings. The van der Waals surface area contributed by atoms with Crippen LogP contribution in [0.4, 0.5) is 19.0 Å². The normalized spacial score (nSPS) is 22.2. The summed E-state index contributed by atoms with van der Waals surface area (Å²) in [6.07, 6.45) is -3.46. The van der Waals surface area contributed by atoms with Crippen LogP contribution in [0.15, 0.2) is 12.1 Å². The Morgan fingerprint density at radius 3 is 2.25 bits per heavy atom. The molecule has 2 aromatic rings. The fourth-order valence-corrected chi connectivity index (χ4v) is 3.77. The number of hydrogen-bond acceptors (Lipinski definition) is 3. The summed E-state index contributed by atoms with van der Waals surface area (Å²) in [5.41, 5.74) is 2.14. The average Bonchev–Trinajstić information content (AvgIpc) is 2.44. The summed E-state index contributed by atoms with van der Waals surface area (Å²) in [6, 6.07) is 3.75. The van der Waals surface area contributed by atoms with Crippen LogP contribution >= 0.6 is 0 Å². The second-order valence-corrected chi connectivity index (χ2v) is 7.20. The van der Waals surface area contributed by atoms with Crippen molar-refractivity contribution < 1.29 is 13.2 Å². The summed E-state index contributed by atoms with van der Waals surface area (Å²) < 4.78 is 39.9. The molecule has 1 saturated heterocycles. The highest BCUT2D eigenvalue weighted by atomic mass is 19.4. The van der Waals surface area contributed by atoms with Gasteiger partial charge in [0.25, 0.3) is 0 Å². The van der Waals surface area contributed by atoms with Crippen molar-refractivity contribution in [1.29, 1.82) is 0 Å². The van der Waals surface area contributed by atoms with Gasteiger partial charge in [-0.15, -0.1) is 0 Å². The largest absolute Gasteiger partial charge is 0.451 e. The van der Waals surface area contributed by atoms with Crippen molar-refractivity contribution in [3.8, 4) is 0 Å². The highest BCUT2D eigenvalue weighted by Gasteiger charge is 2.37. The molecule has 0 radical (unpaired) electrons. The second-order valence-electron chi connectivity index (χ2n) is 7.20. The van der Waals surface area contributed by atoms with E-state index in [4.69, 9.17) is 0 Å². The molecule has 0 bridgehead atoms. The van der Waals surface area contributed by atoms with Crippen molar-refractivity contribution in [2.24, 2.45) is 11.8 Å². The van der Waals surface area contributed by atoms with Crippen molar-refractivity contribution in [2.45, 2.75) is 40.3 Å². The molecule has 1 aromatic heterocycles. The maximum atomic E-state index is 13.3. The Morgan fingerprint density at radius 1 is 1.04 bits per heavy atom. The van der Waals surface area contributed by atoms with E-state index < -0.39 is 12.0 Å². The van der Waals surface area contributed by atoms with Gasteiger partial charge in [0.05, 0.1) is 5.52 Å². The molecule has 0 amide bonds. The number of aryl methyl sites for hydroxylation is 2. The number of alkyl halides is 3. The number of anilines is 1. The Hall–Kier alpha value is -1.85. The highest BCUT2D eigenvalue weighted by Crippen LogP contribution is 2.35. The Balaban J connectivity index is 2.24. The predicted octanol–water partition coefficient (Wildman–Crippen LogP) is 4.75. The number of rotatable bonds is 1. The molecule has 3 rings (SSSR count). The van der Waals surface area contributed by atoms with Crippen LogP contribution < -0.4 is 4.90 Å². The number of nitrogens with zero attached hydrogens (tertiary/aromatic N) is 3. The van der Waals surface area contributed by atoms with Crippen LogP contribution in [0.3, 0.4) is 0 Å². The quantitative estimate of drug-likeness (QED) is 0.752. The fourth-order valence-electron chi connectivity index (χ4n) is 3.77. The monoisotopic (exact) mass is 337 g/mol. The third kappa shape index (κ3) is 3.19. The molecule has 1 aliphatic rings. The van der Waals surface area contributed by atoms with Crippen LogP contribution in [0.5, 0.6) is 0 Å². The first-order valence-electron chi connectivity index (χ1n) is 8.26. The molecule has 130 valence electrons. The zero-order chi connectivity index (χ0) is 17.6. The van der Waals surface area contributed by atoms with Crippen molar-refractivity contribution in [3.63, 3.8) is 0 Å². The van der Waals surface area contributed by atoms with Gasteiger partial charge in [-0.1, -0.05) is 19.9 Å². The lowest BCUT2D eigenvalue weighted by atomic mass is 9.91. The summed E-state index contributed by atoms with van der Waals surface area (Å²) in [7, 11) is 0. The summed E-state index contributed by atoms with van der Waals surface area (Å²) in [5.74, 6) is 0.221. The highest BCUT2D eigenvalue weighted by molar-refractivity contribution is 5.92. The molecule has 0 unspecified atom stereocenters. The van der Waals surface area contributed by atoms with Crippen LogP contribution in [0, 0.1) is 25.7 Å². The number of benzene rings is 1. The number of aromatic nitrogens is 2. The van der Waals surface area contributed by atoms with Crippen molar-refractivity contribution in [3.05, 3.63) is 29.1 Å². The Bertz CT molecular complexity index is 760. The molecule has 3 nitrogen and oxygen atoms in total. The first-order valence-corrected chi connectivity index (χ1v) is 8.26. The molecule has 24 heavy (non-hydrogen) atoms. The van der Waals surface area contributed by atoms with E-state index in [0.717, 1.165) is 30.6 Å². The van der Waals surface area contributed by atoms with E-state index in [1.54, 1.807) is 6.92 Å². The van der Waals surface area contributed by atoms with Gasteiger partial charge >= 0.3 is 6.18 Å². The number of hydrogen-bond donors (Lipinski definition) is 0. The van der Waals surface area contributed by atoms with E-state index in [-0.39, 0.29) is 0 Å². The predicted molar refractivity (Wildman–Crippen MR) is 89.2 cm³/mol. The molecule has 0 aliphatic carbocycles. The van der Waals surface area contributed by atoms with Gasteiger partial charge in [0.15, 0.2) is 0 Å². The zero-order valence-corrected chi connectivity index (χ0v) is 14.4. The molecule has 1 aliphatic heterocycles. The molecule has 0 saturated carbocycles. The Kier molecular flexibility index (Phi) is 4.18. The van der Waals surface area contributed by atoms with Gasteiger partial charge in [-0.05, 0) is 49.3 Å². The van der Waals surface area contributed by atoms with Crippen LogP contribution in [0.1, 0.15) is 37.2 Å². The lowest BCUT2D eigenvalue weighted by Gasteiger charge is -2.36. The van der Waals surface area contributed by atoms with Crippen LogP contribution in [-0.4, -0.2) is 23.1 Å². The second kappa shape index (κ2) is 5.90. The van der Waals surface area contributed by atoms with Crippen molar-refractivity contribution in [1.82, 2.24) is 9.97 Å². The minimum Gasteiger partial charge on any atom is -0.355 e. The number of halogens is 3. The van der Waals surface area contributed by atoms with Crippen molar-refractivity contribution in [2.75, 3.05) is 18.0 Å². The lowest BCUT2D eigenvalue weighted by Crippen LogP contribution is -2.39. The third-order valence-electron chi connectivity index (χ3n) is 4.54. The van der Waals surface area contributed by atoms with Crippen LogP contribution in [0.25, 0.3) is 10.9 Å². The minimum atomic E-state index is -4.55. The molecule has 0 spiro atoms. The summed E-state index contributed by atoms with van der Waals surface area (Å²) in [6.45, 7) is 9.45. The standard InChI is InChI=1S/C18H22F3N3/c1-10-6-13(4)15-14(7-10)16(23-17(22-15)18(19,20)21)24-8-11(2)5-12(3)9-24/h6-7,11-12H,5,8-9H2,1-4H3/t11-,12-/m1/s1. The van der Waals surface area contributed by atoms with Gasteiger partial charge < -0.3 is 4.90 Å². The van der Waals surface area contributed by atoms with Gasteiger partial charge in [0, 0.05) is 18.5 Å². The van der Waals surface area contributed by atoms with E-state index in [0.29, 0.717) is 28.6 Å².